The van der Waals surface area contributed by atoms with E-state index < -0.39 is 58.9 Å². The number of anilines is 2. The molecule has 4 aliphatic heterocycles. The zero-order valence-electron chi connectivity index (χ0n) is 40.9. The highest BCUT2D eigenvalue weighted by atomic mass is 16.4. The molecule has 4 aromatic carbocycles. The molecule has 9 rings (SSSR count). The smallest absolute Gasteiger partial charge is 0.261 e. The molecular formula is C55H63N9O7. The number of rotatable bonds is 16. The molecular weight excluding hydrogens is 899 g/mol. The predicted molar refractivity (Wildman–Crippen MR) is 270 cm³/mol. The highest BCUT2D eigenvalue weighted by Crippen LogP contribution is 2.37. The summed E-state index contributed by atoms with van der Waals surface area (Å²) in [6, 6.07) is 29.8. The SMILES string of the molecule is CN(C)[C@@H](C(=O)[C@@]1(C(=O)N(C(=O)[C@@H]2CCCN2)c2ccc(-c3cnc(-c4ccc(N(C(=O)[C@@H]5CCCN5)C(=O)[C@]5(C(=O)[C@@H](c6ccccc6)N(C)C)CCCN5)cc4)o3)cc2)CCCN1)c1ccccc1. The number of nitrogens with one attached hydrogen (secondary N) is 4. The van der Waals surface area contributed by atoms with Crippen LogP contribution in [0.5, 0.6) is 0 Å². The Morgan fingerprint density at radius 2 is 0.972 bits per heavy atom. The summed E-state index contributed by atoms with van der Waals surface area (Å²) in [5.41, 5.74) is 0.0773. The number of hydrogen-bond donors (Lipinski definition) is 4. The Morgan fingerprint density at radius 1 is 0.549 bits per heavy atom. The van der Waals surface area contributed by atoms with Crippen molar-refractivity contribution in [2.45, 2.75) is 86.6 Å². The zero-order valence-corrected chi connectivity index (χ0v) is 40.9. The Balaban J connectivity index is 0.987. The summed E-state index contributed by atoms with van der Waals surface area (Å²) in [5, 5.41) is 13.0. The van der Waals surface area contributed by atoms with E-state index in [9.17, 15) is 19.2 Å². The Bertz CT molecular complexity index is 2530. The number of amides is 4. The number of carbonyl (C=O) groups is 6. The van der Waals surface area contributed by atoms with Crippen molar-refractivity contribution in [2.75, 3.05) is 64.2 Å². The number of oxazole rings is 1. The summed E-state index contributed by atoms with van der Waals surface area (Å²) in [5.74, 6) is -1.99. The van der Waals surface area contributed by atoms with Crippen LogP contribution in [0.2, 0.25) is 0 Å². The van der Waals surface area contributed by atoms with Gasteiger partial charge in [0.15, 0.2) is 28.4 Å². The van der Waals surface area contributed by atoms with E-state index in [1.54, 1.807) is 64.5 Å². The summed E-state index contributed by atoms with van der Waals surface area (Å²) in [6.45, 7) is 2.18. The average molecular weight is 962 g/mol. The number of benzene rings is 4. The first kappa shape index (κ1) is 49.5. The summed E-state index contributed by atoms with van der Waals surface area (Å²) in [7, 11) is 7.25. The van der Waals surface area contributed by atoms with Crippen molar-refractivity contribution in [1.82, 2.24) is 36.1 Å². The molecule has 4 aliphatic rings. The Hall–Kier alpha value is -6.53. The largest absolute Gasteiger partial charge is 0.436 e. The fourth-order valence-electron chi connectivity index (χ4n) is 10.8. The van der Waals surface area contributed by atoms with E-state index in [2.05, 4.69) is 26.3 Å². The van der Waals surface area contributed by atoms with E-state index in [-0.39, 0.29) is 30.3 Å². The minimum absolute atomic E-state index is 0.244. The Morgan fingerprint density at radius 3 is 1.34 bits per heavy atom. The second kappa shape index (κ2) is 21.1. The van der Waals surface area contributed by atoms with Gasteiger partial charge >= 0.3 is 0 Å². The van der Waals surface area contributed by atoms with Crippen molar-refractivity contribution in [1.29, 1.82) is 0 Å². The topological polar surface area (TPSA) is 190 Å². The number of imide groups is 2. The first-order chi connectivity index (χ1) is 34.3. The van der Waals surface area contributed by atoms with Gasteiger partial charge in [-0.25, -0.2) is 14.8 Å². The maximum Gasteiger partial charge on any atom is 0.261 e. The van der Waals surface area contributed by atoms with Gasteiger partial charge in [-0.05, 0) is 165 Å². The lowest BCUT2D eigenvalue weighted by Crippen LogP contribution is -2.64. The van der Waals surface area contributed by atoms with Crippen LogP contribution < -0.4 is 31.1 Å². The van der Waals surface area contributed by atoms with Crippen molar-refractivity contribution in [3.63, 3.8) is 0 Å². The number of likely N-dealkylation sites (N-methyl/N-ethyl adjacent to an activating group) is 2. The molecule has 4 fully saturated rings. The van der Waals surface area contributed by atoms with Crippen LogP contribution >= 0.6 is 0 Å². The maximum absolute atomic E-state index is 15.1. The van der Waals surface area contributed by atoms with Gasteiger partial charge in [0.25, 0.3) is 23.6 Å². The average Bonchev–Trinajstić information content (AvgIpc) is 4.25. The molecule has 4 amide bonds. The number of Topliss-reactive ketones (excluding diaryl/α,β-unsaturated/α-hetero) is 2. The molecule has 16 nitrogen and oxygen atoms in total. The maximum atomic E-state index is 15.1. The van der Waals surface area contributed by atoms with Gasteiger partial charge in [0.05, 0.1) is 41.7 Å². The lowest BCUT2D eigenvalue weighted by Gasteiger charge is -2.37. The quantitative estimate of drug-likeness (QED) is 0.0745. The second-order valence-corrected chi connectivity index (χ2v) is 19.5. The van der Waals surface area contributed by atoms with Crippen LogP contribution in [0.1, 0.15) is 74.6 Å². The molecule has 1 aromatic heterocycles. The molecule has 16 heteroatoms. The molecule has 370 valence electrons. The highest BCUT2D eigenvalue weighted by Gasteiger charge is 2.56. The third-order valence-corrected chi connectivity index (χ3v) is 14.5. The summed E-state index contributed by atoms with van der Waals surface area (Å²) in [6.07, 6.45) is 5.93. The standard InChI is InChI=1S/C55H63N9O7/c1-61(2)45(37-15-7-5-8-16-37)47(65)54(29-13-33-59-54)52(69)63(50(67)42-19-11-31-56-42)40-25-21-36(22-26-40)44-35-58-49(71-44)39-23-27-41(28-24-39)64(51(68)43-20-12-32-57-43)53(70)55(30-14-34-60-55)48(66)46(62(3)4)38-17-9-6-10-18-38/h5-10,15-18,21-28,35,42-43,45-46,56-57,59-60H,11-14,19-20,29-34H2,1-4H3/t42-,43-,45+,46+,54+,55+/m0/s1. The van der Waals surface area contributed by atoms with Crippen LogP contribution in [0.15, 0.2) is 120 Å². The van der Waals surface area contributed by atoms with Gasteiger partial charge in [0.2, 0.25) is 5.89 Å². The van der Waals surface area contributed by atoms with Crippen LogP contribution in [0.3, 0.4) is 0 Å². The summed E-state index contributed by atoms with van der Waals surface area (Å²) in [4.78, 5) is 99.1. The van der Waals surface area contributed by atoms with Gasteiger partial charge in [-0.1, -0.05) is 60.7 Å². The Labute approximate surface area is 414 Å². The highest BCUT2D eigenvalue weighted by molar-refractivity contribution is 6.28. The minimum Gasteiger partial charge on any atom is -0.436 e. The van der Waals surface area contributed by atoms with E-state index in [0.717, 1.165) is 24.0 Å². The van der Waals surface area contributed by atoms with Gasteiger partial charge in [-0.15, -0.1) is 0 Å². The molecule has 0 saturated carbocycles. The molecule has 0 bridgehead atoms. The summed E-state index contributed by atoms with van der Waals surface area (Å²) >= 11 is 0. The molecule has 0 spiro atoms. The third-order valence-electron chi connectivity index (χ3n) is 14.5. The van der Waals surface area contributed by atoms with Gasteiger partial charge in [-0.3, -0.25) is 49.2 Å². The van der Waals surface area contributed by atoms with Gasteiger partial charge in [-0.2, -0.15) is 0 Å². The number of hydrogen-bond acceptors (Lipinski definition) is 14. The third kappa shape index (κ3) is 9.55. The predicted octanol–water partition coefficient (Wildman–Crippen LogP) is 5.22. The van der Waals surface area contributed by atoms with E-state index in [4.69, 9.17) is 4.42 Å². The van der Waals surface area contributed by atoms with Crippen LogP contribution in [0.25, 0.3) is 22.8 Å². The minimum atomic E-state index is -1.64. The Kier molecular flexibility index (Phi) is 14.7. The zero-order chi connectivity index (χ0) is 49.9. The van der Waals surface area contributed by atoms with Gasteiger partial charge in [0, 0.05) is 11.1 Å². The lowest BCUT2D eigenvalue weighted by atomic mass is 9.83. The van der Waals surface area contributed by atoms with Gasteiger partial charge in [0.1, 0.15) is 0 Å². The van der Waals surface area contributed by atoms with Crippen LogP contribution in [0.4, 0.5) is 11.4 Å². The van der Waals surface area contributed by atoms with Crippen LogP contribution in [-0.2, 0) is 28.8 Å². The number of carbonyl (C=O) groups excluding carboxylic acids is 6. The fourth-order valence-corrected chi connectivity index (χ4v) is 10.8. The monoisotopic (exact) mass is 961 g/mol. The second-order valence-electron chi connectivity index (χ2n) is 19.5. The van der Waals surface area contributed by atoms with Crippen molar-refractivity contribution in [2.24, 2.45) is 0 Å². The molecule has 5 aromatic rings. The molecule has 6 atom stereocenters. The van der Waals surface area contributed by atoms with Crippen molar-refractivity contribution < 1.29 is 33.2 Å². The molecule has 0 unspecified atom stereocenters. The fraction of sp³-hybridized carbons (Fsp3) is 0.400. The van der Waals surface area contributed by atoms with Gasteiger partial charge < -0.3 is 15.1 Å². The van der Waals surface area contributed by atoms with Crippen LogP contribution in [0, 0.1) is 0 Å². The number of ketones is 2. The number of aromatic nitrogens is 1. The van der Waals surface area contributed by atoms with Crippen LogP contribution in [-0.4, -0.2) is 128 Å². The van der Waals surface area contributed by atoms with Crippen molar-refractivity contribution in [3.05, 3.63) is 127 Å². The molecule has 4 saturated heterocycles. The van der Waals surface area contributed by atoms with E-state index in [0.29, 0.717) is 80.1 Å². The van der Waals surface area contributed by atoms with Crippen molar-refractivity contribution >= 4 is 46.6 Å². The molecule has 0 radical (unpaired) electrons. The molecule has 4 N–H and O–H groups in total. The normalized spacial score (nSPS) is 22.9. The van der Waals surface area contributed by atoms with Crippen molar-refractivity contribution in [3.8, 4) is 22.8 Å². The first-order valence-corrected chi connectivity index (χ1v) is 24.8. The first-order valence-electron chi connectivity index (χ1n) is 24.8. The van der Waals surface area contributed by atoms with E-state index in [1.807, 2.05) is 88.9 Å². The number of nitrogens with zero attached hydrogens (tertiary/aromatic N) is 5. The summed E-state index contributed by atoms with van der Waals surface area (Å²) < 4.78 is 6.30. The molecule has 0 aliphatic carbocycles. The van der Waals surface area contributed by atoms with E-state index in [1.165, 1.54) is 9.80 Å². The van der Waals surface area contributed by atoms with E-state index >= 15 is 9.59 Å². The lowest BCUT2D eigenvalue weighted by molar-refractivity contribution is -0.142. The molecule has 71 heavy (non-hydrogen) atoms. The molecule has 5 heterocycles.